The average molecular weight is 246 g/mol. The van der Waals surface area contributed by atoms with Crippen LogP contribution in [0, 0.1) is 5.92 Å². The number of carbonyl (C=O) groups excluding carboxylic acids is 1. The molecule has 0 aromatic rings. The predicted molar refractivity (Wildman–Crippen MR) is 69.3 cm³/mol. The van der Waals surface area contributed by atoms with Crippen LogP contribution in [-0.4, -0.2) is 42.6 Å². The van der Waals surface area contributed by atoms with E-state index in [9.17, 15) is 4.79 Å². The molecule has 0 aromatic heterocycles. The van der Waals surface area contributed by atoms with Crippen LogP contribution < -0.4 is 5.73 Å². The first-order valence-corrected chi connectivity index (χ1v) is 5.97. The van der Waals surface area contributed by atoms with Crippen LogP contribution in [0.2, 0.25) is 0 Å². The summed E-state index contributed by atoms with van der Waals surface area (Å²) in [5, 5.41) is 0. The summed E-state index contributed by atoms with van der Waals surface area (Å²) in [4.78, 5) is 14.0. The van der Waals surface area contributed by atoms with Gasteiger partial charge in [0.1, 0.15) is 0 Å². The Morgan fingerprint density at radius 1 is 1.56 bits per heavy atom. The fourth-order valence-electron chi connectivity index (χ4n) is 1.52. The van der Waals surface area contributed by atoms with Gasteiger partial charge in [0.2, 0.25) is 5.91 Å². The molecule has 1 atom stereocenters. The quantitative estimate of drug-likeness (QED) is 0.654. The van der Waals surface area contributed by atoms with E-state index in [2.05, 4.69) is 0 Å². The van der Waals surface area contributed by atoms with E-state index in [1.54, 1.807) is 12.0 Å². The van der Waals surface area contributed by atoms with E-state index in [1.807, 2.05) is 13.8 Å². The first-order valence-electron chi connectivity index (χ1n) is 5.56. The van der Waals surface area contributed by atoms with E-state index in [0.717, 1.165) is 6.42 Å². The number of nitrogens with two attached hydrogens (primary N) is 1. The summed E-state index contributed by atoms with van der Waals surface area (Å²) in [6, 6.07) is 0. The molecule has 0 rings (SSSR count). The molecule has 0 spiro atoms. The predicted octanol–water partition coefficient (Wildman–Crippen LogP) is 1.18. The molecule has 0 bridgehead atoms. The minimum Gasteiger partial charge on any atom is -0.392 e. The van der Waals surface area contributed by atoms with Gasteiger partial charge in [0.05, 0.1) is 11.5 Å². The van der Waals surface area contributed by atoms with Gasteiger partial charge >= 0.3 is 0 Å². The molecule has 0 aromatic carbocycles. The Bertz CT molecular complexity index is 234. The molecule has 0 fully saturated rings. The highest BCUT2D eigenvalue weighted by Crippen LogP contribution is 2.06. The van der Waals surface area contributed by atoms with Crippen molar-refractivity contribution in [3.05, 3.63) is 0 Å². The molecule has 0 aliphatic carbocycles. The van der Waals surface area contributed by atoms with Gasteiger partial charge in [0.25, 0.3) is 0 Å². The first kappa shape index (κ1) is 15.3. The van der Waals surface area contributed by atoms with Gasteiger partial charge in [-0.15, -0.1) is 0 Å². The Labute approximate surface area is 103 Å². The summed E-state index contributed by atoms with van der Waals surface area (Å²) in [6.45, 7) is 5.70. The van der Waals surface area contributed by atoms with Crippen LogP contribution in [0.1, 0.15) is 26.7 Å². The van der Waals surface area contributed by atoms with E-state index >= 15 is 0 Å². The number of hydrogen-bond donors (Lipinski definition) is 1. The van der Waals surface area contributed by atoms with E-state index < -0.39 is 0 Å². The average Bonchev–Trinajstić information content (AvgIpc) is 2.16. The van der Waals surface area contributed by atoms with Crippen molar-refractivity contribution < 1.29 is 9.53 Å². The lowest BCUT2D eigenvalue weighted by atomic mass is 10.1. The molecule has 4 nitrogen and oxygen atoms in total. The van der Waals surface area contributed by atoms with Gasteiger partial charge in [-0.2, -0.15) is 0 Å². The summed E-state index contributed by atoms with van der Waals surface area (Å²) in [5.74, 6) is 0.322. The number of rotatable bonds is 8. The highest BCUT2D eigenvalue weighted by atomic mass is 32.1. The van der Waals surface area contributed by atoms with Crippen molar-refractivity contribution in [2.24, 2.45) is 11.7 Å². The number of thiocarbonyl (C=S) groups is 1. The van der Waals surface area contributed by atoms with Crippen LogP contribution in [0.5, 0.6) is 0 Å². The van der Waals surface area contributed by atoms with E-state index in [-0.39, 0.29) is 11.8 Å². The van der Waals surface area contributed by atoms with Crippen molar-refractivity contribution in [3.63, 3.8) is 0 Å². The Balaban J connectivity index is 4.20. The van der Waals surface area contributed by atoms with E-state index in [4.69, 9.17) is 22.7 Å². The fourth-order valence-corrected chi connectivity index (χ4v) is 1.68. The molecule has 0 saturated heterocycles. The number of amides is 1. The molecule has 0 aliphatic heterocycles. The van der Waals surface area contributed by atoms with Gasteiger partial charge in [-0.3, -0.25) is 4.79 Å². The van der Waals surface area contributed by atoms with Gasteiger partial charge in [-0.1, -0.05) is 26.1 Å². The minimum absolute atomic E-state index is 0.0965. The SMILES string of the molecule is CCCN(CC(N)=S)C(=O)CC(C)COC. The molecule has 0 heterocycles. The first-order chi connectivity index (χ1) is 7.51. The zero-order valence-electron chi connectivity index (χ0n) is 10.4. The van der Waals surface area contributed by atoms with Crippen LogP contribution >= 0.6 is 12.2 Å². The maximum Gasteiger partial charge on any atom is 0.223 e. The number of methoxy groups -OCH3 is 1. The third-order valence-electron chi connectivity index (χ3n) is 2.17. The van der Waals surface area contributed by atoms with Gasteiger partial charge in [0.15, 0.2) is 0 Å². The van der Waals surface area contributed by atoms with Crippen molar-refractivity contribution in [1.82, 2.24) is 4.90 Å². The summed E-state index contributed by atoms with van der Waals surface area (Å²) >= 11 is 4.83. The summed E-state index contributed by atoms with van der Waals surface area (Å²) in [7, 11) is 1.64. The monoisotopic (exact) mass is 246 g/mol. The van der Waals surface area contributed by atoms with Crippen LogP contribution in [0.3, 0.4) is 0 Å². The molecule has 1 unspecified atom stereocenters. The number of nitrogens with zero attached hydrogens (tertiary/aromatic N) is 1. The Kier molecular flexibility index (Phi) is 8.11. The van der Waals surface area contributed by atoms with Crippen LogP contribution in [0.25, 0.3) is 0 Å². The van der Waals surface area contributed by atoms with Gasteiger partial charge in [0, 0.05) is 26.7 Å². The third-order valence-corrected chi connectivity index (χ3v) is 2.30. The summed E-state index contributed by atoms with van der Waals surface area (Å²) < 4.78 is 5.00. The topological polar surface area (TPSA) is 55.6 Å². The highest BCUT2D eigenvalue weighted by molar-refractivity contribution is 7.80. The largest absolute Gasteiger partial charge is 0.392 e. The molecular formula is C11H22N2O2S. The molecule has 16 heavy (non-hydrogen) atoms. The smallest absolute Gasteiger partial charge is 0.223 e. The molecule has 94 valence electrons. The normalized spacial score (nSPS) is 12.2. The van der Waals surface area contributed by atoms with Crippen LogP contribution in [0.4, 0.5) is 0 Å². The Hall–Kier alpha value is -0.680. The second kappa shape index (κ2) is 8.47. The van der Waals surface area contributed by atoms with Crippen molar-refractivity contribution in [1.29, 1.82) is 0 Å². The Morgan fingerprint density at radius 2 is 2.19 bits per heavy atom. The second-order valence-electron chi connectivity index (χ2n) is 4.05. The van der Waals surface area contributed by atoms with E-state index in [1.165, 1.54) is 0 Å². The maximum atomic E-state index is 11.9. The molecule has 5 heteroatoms. The standard InChI is InChI=1S/C11H22N2O2S/c1-4-5-13(7-10(12)16)11(14)6-9(2)8-15-3/h9H,4-8H2,1-3H3,(H2,12,16). The molecule has 0 aliphatic rings. The third kappa shape index (κ3) is 6.74. The number of hydrogen-bond acceptors (Lipinski definition) is 3. The van der Waals surface area contributed by atoms with Crippen molar-refractivity contribution in [2.75, 3.05) is 26.8 Å². The number of carbonyl (C=O) groups is 1. The Morgan fingerprint density at radius 3 is 2.62 bits per heavy atom. The molecule has 1 amide bonds. The molecule has 0 radical (unpaired) electrons. The van der Waals surface area contributed by atoms with E-state index in [0.29, 0.717) is 31.1 Å². The van der Waals surface area contributed by atoms with Crippen molar-refractivity contribution in [3.8, 4) is 0 Å². The highest BCUT2D eigenvalue weighted by Gasteiger charge is 2.16. The second-order valence-corrected chi connectivity index (χ2v) is 4.57. The zero-order valence-corrected chi connectivity index (χ0v) is 11.2. The van der Waals surface area contributed by atoms with Crippen LogP contribution in [0.15, 0.2) is 0 Å². The minimum atomic E-state index is 0.0965. The zero-order chi connectivity index (χ0) is 12.6. The lowest BCUT2D eigenvalue weighted by molar-refractivity contribution is -0.131. The maximum absolute atomic E-state index is 11.9. The van der Waals surface area contributed by atoms with Gasteiger partial charge in [-0.25, -0.2) is 0 Å². The lowest BCUT2D eigenvalue weighted by Gasteiger charge is -2.23. The van der Waals surface area contributed by atoms with Gasteiger partial charge in [-0.05, 0) is 12.3 Å². The summed E-state index contributed by atoms with van der Waals surface area (Å²) in [5.41, 5.74) is 5.46. The van der Waals surface area contributed by atoms with Gasteiger partial charge < -0.3 is 15.4 Å². The van der Waals surface area contributed by atoms with Crippen LogP contribution in [-0.2, 0) is 9.53 Å². The molecule has 0 saturated carbocycles. The fraction of sp³-hybridized carbons (Fsp3) is 0.818. The lowest BCUT2D eigenvalue weighted by Crippen LogP contribution is -2.39. The molecule has 2 N–H and O–H groups in total. The van der Waals surface area contributed by atoms with Crippen molar-refractivity contribution in [2.45, 2.75) is 26.7 Å². The van der Waals surface area contributed by atoms with Crippen molar-refractivity contribution >= 4 is 23.1 Å². The summed E-state index contributed by atoms with van der Waals surface area (Å²) in [6.07, 6.45) is 1.39. The molecular weight excluding hydrogens is 224 g/mol. The number of ether oxygens (including phenoxy) is 1.